The summed E-state index contributed by atoms with van der Waals surface area (Å²) in [4.78, 5) is 2.82. The van der Waals surface area contributed by atoms with Crippen molar-refractivity contribution in [2.75, 3.05) is 13.1 Å². The first kappa shape index (κ1) is 14.3. The van der Waals surface area contributed by atoms with Crippen LogP contribution in [-0.4, -0.2) is 36.1 Å². The number of hydrogen-bond acceptors (Lipinski definition) is 2. The van der Waals surface area contributed by atoms with Gasteiger partial charge in [-0.25, -0.2) is 0 Å². The van der Waals surface area contributed by atoms with E-state index >= 15 is 0 Å². The van der Waals surface area contributed by atoms with Crippen LogP contribution in [0.15, 0.2) is 0 Å². The molecule has 2 nitrogen and oxygen atoms in total. The van der Waals surface area contributed by atoms with Crippen molar-refractivity contribution in [1.82, 2.24) is 10.2 Å². The topological polar surface area (TPSA) is 15.3 Å². The van der Waals surface area contributed by atoms with Crippen LogP contribution in [0.1, 0.15) is 53.9 Å². The molecule has 1 aliphatic carbocycles. The fraction of sp³-hybridized carbons (Fsp3) is 1.00. The van der Waals surface area contributed by atoms with E-state index in [-0.39, 0.29) is 0 Å². The molecule has 2 fully saturated rings. The highest BCUT2D eigenvalue weighted by Crippen LogP contribution is 2.38. The summed E-state index contributed by atoms with van der Waals surface area (Å²) in [6.07, 6.45) is 4.24. The Morgan fingerprint density at radius 2 is 1.94 bits per heavy atom. The first-order chi connectivity index (χ1) is 8.54. The van der Waals surface area contributed by atoms with Crippen molar-refractivity contribution in [3.8, 4) is 0 Å². The number of nitrogens with zero attached hydrogens (tertiary/aromatic N) is 1. The van der Waals surface area contributed by atoms with E-state index in [1.807, 2.05) is 0 Å². The third-order valence-corrected chi connectivity index (χ3v) is 5.59. The second-order valence-corrected chi connectivity index (χ2v) is 6.98. The largest absolute Gasteiger partial charge is 0.311 e. The van der Waals surface area contributed by atoms with E-state index in [1.54, 1.807) is 0 Å². The highest BCUT2D eigenvalue weighted by atomic mass is 15.3. The summed E-state index contributed by atoms with van der Waals surface area (Å²) in [5, 5.41) is 3.72. The predicted molar refractivity (Wildman–Crippen MR) is 78.8 cm³/mol. The van der Waals surface area contributed by atoms with Crippen LogP contribution in [0.4, 0.5) is 0 Å². The lowest BCUT2D eigenvalue weighted by Crippen LogP contribution is -2.60. The highest BCUT2D eigenvalue weighted by molar-refractivity contribution is 4.95. The minimum Gasteiger partial charge on any atom is -0.311 e. The van der Waals surface area contributed by atoms with E-state index in [1.165, 1.54) is 32.4 Å². The standard InChI is InChI=1S/C16H32N2/c1-6-14-7-8-16(13(14)5)18-10-15(11(2)3)17-9-12(18)4/h11-17H,6-10H2,1-5H3. The molecule has 1 N–H and O–H groups in total. The molecule has 5 atom stereocenters. The summed E-state index contributed by atoms with van der Waals surface area (Å²) in [6, 6.07) is 2.24. The van der Waals surface area contributed by atoms with Crippen molar-refractivity contribution in [3.05, 3.63) is 0 Å². The number of rotatable bonds is 3. The molecule has 1 saturated heterocycles. The molecule has 18 heavy (non-hydrogen) atoms. The molecule has 0 aromatic rings. The monoisotopic (exact) mass is 252 g/mol. The lowest BCUT2D eigenvalue weighted by atomic mass is 9.90. The first-order valence-electron chi connectivity index (χ1n) is 8.03. The first-order valence-corrected chi connectivity index (χ1v) is 8.03. The van der Waals surface area contributed by atoms with E-state index in [4.69, 9.17) is 0 Å². The van der Waals surface area contributed by atoms with Gasteiger partial charge in [-0.3, -0.25) is 4.90 Å². The minimum absolute atomic E-state index is 0.689. The molecule has 0 radical (unpaired) electrons. The van der Waals surface area contributed by atoms with Crippen molar-refractivity contribution in [2.24, 2.45) is 17.8 Å². The molecule has 2 aliphatic rings. The Balaban J connectivity index is 2.02. The van der Waals surface area contributed by atoms with Gasteiger partial charge >= 0.3 is 0 Å². The normalized spacial score (nSPS) is 42.7. The van der Waals surface area contributed by atoms with Gasteiger partial charge in [-0.1, -0.05) is 34.1 Å². The number of nitrogens with one attached hydrogen (secondary N) is 1. The van der Waals surface area contributed by atoms with Gasteiger partial charge in [0.25, 0.3) is 0 Å². The lowest BCUT2D eigenvalue weighted by Gasteiger charge is -2.45. The quantitative estimate of drug-likeness (QED) is 0.830. The Morgan fingerprint density at radius 3 is 2.50 bits per heavy atom. The number of piperazine rings is 1. The lowest BCUT2D eigenvalue weighted by molar-refractivity contribution is 0.0579. The van der Waals surface area contributed by atoms with Crippen molar-refractivity contribution in [3.63, 3.8) is 0 Å². The predicted octanol–water partition coefficient (Wildman–Crippen LogP) is 3.13. The van der Waals surface area contributed by atoms with Gasteiger partial charge < -0.3 is 5.32 Å². The molecule has 0 bridgehead atoms. The molecule has 1 heterocycles. The molecule has 2 heteroatoms. The van der Waals surface area contributed by atoms with E-state index in [9.17, 15) is 0 Å². The SMILES string of the molecule is CCC1CCC(N2CC(C(C)C)NCC2C)C1C. The van der Waals surface area contributed by atoms with Crippen LogP contribution in [0.25, 0.3) is 0 Å². The molecule has 0 aromatic carbocycles. The van der Waals surface area contributed by atoms with Crippen LogP contribution in [0, 0.1) is 17.8 Å². The van der Waals surface area contributed by atoms with Gasteiger partial charge in [0.05, 0.1) is 0 Å². The second-order valence-electron chi connectivity index (χ2n) is 6.98. The van der Waals surface area contributed by atoms with Crippen molar-refractivity contribution < 1.29 is 0 Å². The summed E-state index contributed by atoms with van der Waals surface area (Å²) < 4.78 is 0. The van der Waals surface area contributed by atoms with Gasteiger partial charge in [0.15, 0.2) is 0 Å². The smallest absolute Gasteiger partial charge is 0.0218 e. The fourth-order valence-electron chi connectivity index (χ4n) is 4.09. The van der Waals surface area contributed by atoms with Gasteiger partial charge in [0, 0.05) is 31.2 Å². The van der Waals surface area contributed by atoms with E-state index in [2.05, 4.69) is 44.8 Å². The van der Waals surface area contributed by atoms with Crippen molar-refractivity contribution in [2.45, 2.75) is 72.0 Å². The summed E-state index contributed by atoms with van der Waals surface area (Å²) in [7, 11) is 0. The Kier molecular flexibility index (Phi) is 4.71. The van der Waals surface area contributed by atoms with Gasteiger partial charge in [-0.15, -0.1) is 0 Å². The molecular formula is C16H32N2. The molecule has 0 amide bonds. The van der Waals surface area contributed by atoms with Gasteiger partial charge in [-0.2, -0.15) is 0 Å². The van der Waals surface area contributed by atoms with Crippen LogP contribution >= 0.6 is 0 Å². The summed E-state index contributed by atoms with van der Waals surface area (Å²) in [5.41, 5.74) is 0. The Hall–Kier alpha value is -0.0800. The second kappa shape index (κ2) is 5.92. The average molecular weight is 252 g/mol. The molecule has 1 saturated carbocycles. The van der Waals surface area contributed by atoms with Gasteiger partial charge in [-0.05, 0) is 37.5 Å². The number of hydrogen-bond donors (Lipinski definition) is 1. The molecule has 5 unspecified atom stereocenters. The van der Waals surface area contributed by atoms with E-state index < -0.39 is 0 Å². The van der Waals surface area contributed by atoms with Crippen molar-refractivity contribution >= 4 is 0 Å². The zero-order chi connectivity index (χ0) is 13.3. The average Bonchev–Trinajstić information content (AvgIpc) is 2.70. The molecule has 2 rings (SSSR count). The Morgan fingerprint density at radius 1 is 1.22 bits per heavy atom. The van der Waals surface area contributed by atoms with Crippen LogP contribution in [0.3, 0.4) is 0 Å². The van der Waals surface area contributed by atoms with Crippen LogP contribution in [-0.2, 0) is 0 Å². The Bertz CT molecular complexity index is 264. The third-order valence-electron chi connectivity index (χ3n) is 5.59. The zero-order valence-corrected chi connectivity index (χ0v) is 12.9. The van der Waals surface area contributed by atoms with Gasteiger partial charge in [0.2, 0.25) is 0 Å². The molecule has 106 valence electrons. The van der Waals surface area contributed by atoms with E-state index in [0.717, 1.165) is 23.8 Å². The highest BCUT2D eigenvalue weighted by Gasteiger charge is 2.39. The van der Waals surface area contributed by atoms with Crippen molar-refractivity contribution in [1.29, 1.82) is 0 Å². The van der Waals surface area contributed by atoms with E-state index in [0.29, 0.717) is 12.1 Å². The van der Waals surface area contributed by atoms with Crippen LogP contribution in [0.2, 0.25) is 0 Å². The Labute approximate surface area is 114 Å². The molecular weight excluding hydrogens is 220 g/mol. The summed E-state index contributed by atoms with van der Waals surface area (Å²) in [6.45, 7) is 14.4. The zero-order valence-electron chi connectivity index (χ0n) is 12.9. The maximum atomic E-state index is 3.72. The summed E-state index contributed by atoms with van der Waals surface area (Å²) >= 11 is 0. The fourth-order valence-corrected chi connectivity index (χ4v) is 4.09. The van der Waals surface area contributed by atoms with Crippen LogP contribution < -0.4 is 5.32 Å². The molecule has 1 aliphatic heterocycles. The third kappa shape index (κ3) is 2.75. The summed E-state index contributed by atoms with van der Waals surface area (Å²) in [5.74, 6) is 2.61. The maximum Gasteiger partial charge on any atom is 0.0218 e. The minimum atomic E-state index is 0.689. The van der Waals surface area contributed by atoms with Gasteiger partial charge in [0.1, 0.15) is 0 Å². The molecule has 0 spiro atoms. The van der Waals surface area contributed by atoms with Crippen LogP contribution in [0.5, 0.6) is 0 Å². The maximum absolute atomic E-state index is 3.72. The molecule has 0 aromatic heterocycles.